The second-order valence-corrected chi connectivity index (χ2v) is 4.55. The maximum absolute atomic E-state index is 13.2. The summed E-state index contributed by atoms with van der Waals surface area (Å²) in [6, 6.07) is 1.71. The van der Waals surface area contributed by atoms with E-state index in [4.69, 9.17) is 5.11 Å². The first kappa shape index (κ1) is 15.8. The van der Waals surface area contributed by atoms with Crippen LogP contribution in [0.3, 0.4) is 0 Å². The molecule has 1 aromatic carbocycles. The first-order chi connectivity index (χ1) is 9.29. The van der Waals surface area contributed by atoms with Crippen molar-refractivity contribution < 1.29 is 23.9 Å². The third-order valence-electron chi connectivity index (χ3n) is 2.13. The molecule has 0 bridgehead atoms. The molecule has 0 aromatic heterocycles. The van der Waals surface area contributed by atoms with Gasteiger partial charge in [-0.1, -0.05) is 0 Å². The molecule has 0 aliphatic rings. The van der Waals surface area contributed by atoms with Crippen molar-refractivity contribution in [2.45, 2.75) is 6.92 Å². The first-order valence-electron chi connectivity index (χ1n) is 5.28. The Morgan fingerprint density at radius 3 is 2.55 bits per heavy atom. The number of imide groups is 1. The Hall–Kier alpha value is -2.22. The maximum Gasteiger partial charge on any atom is 0.328 e. The number of anilines is 1. The van der Waals surface area contributed by atoms with Crippen LogP contribution in [0.4, 0.5) is 14.9 Å². The van der Waals surface area contributed by atoms with E-state index in [1.807, 2.05) is 5.32 Å². The van der Waals surface area contributed by atoms with Gasteiger partial charge in [-0.25, -0.2) is 14.0 Å². The number of carboxylic acid groups (broad SMARTS) is 1. The van der Waals surface area contributed by atoms with E-state index in [-0.39, 0.29) is 4.47 Å². The second-order valence-electron chi connectivity index (χ2n) is 3.70. The van der Waals surface area contributed by atoms with Crippen molar-refractivity contribution in [1.82, 2.24) is 5.32 Å². The summed E-state index contributed by atoms with van der Waals surface area (Å²) in [6.45, 7) is 1.58. The lowest BCUT2D eigenvalue weighted by Gasteiger charge is -2.09. The molecule has 20 heavy (non-hydrogen) atoms. The van der Waals surface area contributed by atoms with E-state index in [1.165, 1.54) is 12.1 Å². The van der Waals surface area contributed by atoms with E-state index < -0.39 is 23.7 Å². The average molecular weight is 345 g/mol. The number of aryl methyl sites for hydroxylation is 1. The SMILES string of the molecule is Cc1cc(F)c(Br)cc1NC(=O)NC(=O)/C=C/C(=O)O. The summed E-state index contributed by atoms with van der Waals surface area (Å²) < 4.78 is 13.4. The van der Waals surface area contributed by atoms with Crippen molar-refractivity contribution in [2.24, 2.45) is 0 Å². The van der Waals surface area contributed by atoms with E-state index in [9.17, 15) is 18.8 Å². The van der Waals surface area contributed by atoms with Gasteiger partial charge >= 0.3 is 12.0 Å². The van der Waals surface area contributed by atoms with Gasteiger partial charge in [0.15, 0.2) is 0 Å². The van der Waals surface area contributed by atoms with Gasteiger partial charge in [-0.3, -0.25) is 10.1 Å². The minimum atomic E-state index is -1.31. The number of carbonyl (C=O) groups excluding carboxylic acids is 2. The first-order valence-corrected chi connectivity index (χ1v) is 6.07. The van der Waals surface area contributed by atoms with Gasteiger partial charge in [0, 0.05) is 17.8 Å². The lowest BCUT2D eigenvalue weighted by Crippen LogP contribution is -2.33. The van der Waals surface area contributed by atoms with Crippen LogP contribution in [-0.2, 0) is 9.59 Å². The van der Waals surface area contributed by atoms with E-state index >= 15 is 0 Å². The molecule has 0 fully saturated rings. The molecule has 1 aromatic rings. The van der Waals surface area contributed by atoms with Crippen molar-refractivity contribution in [3.05, 3.63) is 40.1 Å². The van der Waals surface area contributed by atoms with Gasteiger partial charge in [0.1, 0.15) is 5.82 Å². The number of hydrogen-bond acceptors (Lipinski definition) is 3. The highest BCUT2D eigenvalue weighted by Crippen LogP contribution is 2.24. The van der Waals surface area contributed by atoms with Gasteiger partial charge in [0.2, 0.25) is 0 Å². The number of benzene rings is 1. The predicted molar refractivity (Wildman–Crippen MR) is 72.8 cm³/mol. The molecular weight excluding hydrogens is 335 g/mol. The van der Waals surface area contributed by atoms with Gasteiger partial charge in [-0.2, -0.15) is 0 Å². The molecule has 3 amide bonds. The van der Waals surface area contributed by atoms with E-state index in [0.717, 1.165) is 0 Å². The third-order valence-corrected chi connectivity index (χ3v) is 2.74. The van der Waals surface area contributed by atoms with Crippen molar-refractivity contribution >= 4 is 39.5 Å². The Bertz CT molecular complexity index is 601. The number of hydrogen-bond donors (Lipinski definition) is 3. The van der Waals surface area contributed by atoms with Gasteiger partial charge in [0.25, 0.3) is 5.91 Å². The quantitative estimate of drug-likeness (QED) is 0.732. The Morgan fingerprint density at radius 2 is 1.95 bits per heavy atom. The highest BCUT2D eigenvalue weighted by molar-refractivity contribution is 9.10. The normalized spacial score (nSPS) is 10.3. The molecule has 3 N–H and O–H groups in total. The minimum Gasteiger partial charge on any atom is -0.478 e. The zero-order chi connectivity index (χ0) is 15.3. The number of carboxylic acids is 1. The topological polar surface area (TPSA) is 95.5 Å². The fourth-order valence-electron chi connectivity index (χ4n) is 1.24. The van der Waals surface area contributed by atoms with E-state index in [0.29, 0.717) is 23.4 Å². The van der Waals surface area contributed by atoms with Crippen molar-refractivity contribution in [3.63, 3.8) is 0 Å². The predicted octanol–water partition coefficient (Wildman–Crippen LogP) is 2.19. The number of urea groups is 1. The van der Waals surface area contributed by atoms with Crippen molar-refractivity contribution in [1.29, 1.82) is 0 Å². The number of halogens is 2. The van der Waals surface area contributed by atoms with Crippen LogP contribution in [0.1, 0.15) is 5.56 Å². The summed E-state index contributed by atoms with van der Waals surface area (Å²) in [5.41, 5.74) is 0.778. The Kier molecular flexibility index (Phi) is 5.39. The van der Waals surface area contributed by atoms with Gasteiger partial charge in [-0.15, -0.1) is 0 Å². The standard InChI is InChI=1S/C12H10BrFN2O4/c1-6-4-8(14)7(13)5-9(6)15-12(20)16-10(17)2-3-11(18)19/h2-5H,1H3,(H,18,19)(H2,15,16,17,20)/b3-2+. The highest BCUT2D eigenvalue weighted by atomic mass is 79.9. The second kappa shape index (κ2) is 6.80. The fourth-order valence-corrected chi connectivity index (χ4v) is 1.58. The number of carbonyl (C=O) groups is 3. The summed E-state index contributed by atoms with van der Waals surface area (Å²) in [4.78, 5) is 32.8. The Morgan fingerprint density at radius 1 is 1.30 bits per heavy atom. The molecule has 106 valence electrons. The lowest BCUT2D eigenvalue weighted by molar-refractivity contribution is -0.131. The van der Waals surface area contributed by atoms with Crippen LogP contribution in [0.25, 0.3) is 0 Å². The number of rotatable bonds is 3. The van der Waals surface area contributed by atoms with Gasteiger partial charge in [0.05, 0.1) is 4.47 Å². The summed E-state index contributed by atoms with van der Waals surface area (Å²) in [6.07, 6.45) is 1.30. The van der Waals surface area contributed by atoms with E-state index in [2.05, 4.69) is 21.2 Å². The molecule has 0 atom stereocenters. The third kappa shape index (κ3) is 4.81. The zero-order valence-corrected chi connectivity index (χ0v) is 11.8. The van der Waals surface area contributed by atoms with E-state index in [1.54, 1.807) is 6.92 Å². The molecule has 8 heteroatoms. The molecule has 1 rings (SSSR count). The van der Waals surface area contributed by atoms with Crippen LogP contribution >= 0.6 is 15.9 Å². The molecule has 0 aliphatic heterocycles. The minimum absolute atomic E-state index is 0.162. The summed E-state index contributed by atoms with van der Waals surface area (Å²) in [7, 11) is 0. The van der Waals surface area contributed by atoms with Crippen molar-refractivity contribution in [3.8, 4) is 0 Å². The number of nitrogens with one attached hydrogen (secondary N) is 2. The van der Waals surface area contributed by atoms with Crippen LogP contribution in [0.5, 0.6) is 0 Å². The van der Waals surface area contributed by atoms with Gasteiger partial charge < -0.3 is 10.4 Å². The number of aliphatic carboxylic acids is 1. The summed E-state index contributed by atoms with van der Waals surface area (Å²) >= 11 is 2.97. The molecule has 0 radical (unpaired) electrons. The van der Waals surface area contributed by atoms with Crippen molar-refractivity contribution in [2.75, 3.05) is 5.32 Å². The molecule has 6 nitrogen and oxygen atoms in total. The largest absolute Gasteiger partial charge is 0.478 e. The zero-order valence-electron chi connectivity index (χ0n) is 10.2. The Labute approximate surface area is 121 Å². The molecule has 0 saturated heterocycles. The molecule has 0 spiro atoms. The molecule has 0 unspecified atom stereocenters. The Balaban J connectivity index is 2.70. The molecule has 0 heterocycles. The summed E-state index contributed by atoms with van der Waals surface area (Å²) in [5.74, 6) is -2.67. The smallest absolute Gasteiger partial charge is 0.328 e. The van der Waals surface area contributed by atoms with Crippen LogP contribution in [0.2, 0.25) is 0 Å². The lowest BCUT2D eigenvalue weighted by atomic mass is 10.2. The van der Waals surface area contributed by atoms with Crippen LogP contribution in [0.15, 0.2) is 28.8 Å². The van der Waals surface area contributed by atoms with Crippen LogP contribution in [-0.4, -0.2) is 23.0 Å². The molecule has 0 aliphatic carbocycles. The monoisotopic (exact) mass is 344 g/mol. The fraction of sp³-hybridized carbons (Fsp3) is 0.0833. The molecule has 0 saturated carbocycles. The summed E-state index contributed by atoms with van der Waals surface area (Å²) in [5, 5.41) is 12.6. The molecular formula is C12H10BrFN2O4. The maximum atomic E-state index is 13.2. The number of amides is 3. The average Bonchev–Trinajstić information content (AvgIpc) is 2.33. The highest BCUT2D eigenvalue weighted by Gasteiger charge is 2.10. The van der Waals surface area contributed by atoms with Gasteiger partial charge in [-0.05, 0) is 40.5 Å². The van der Waals surface area contributed by atoms with Crippen LogP contribution in [0, 0.1) is 12.7 Å². The van der Waals surface area contributed by atoms with Crippen LogP contribution < -0.4 is 10.6 Å².